The molecule has 1 aromatic carbocycles. The summed E-state index contributed by atoms with van der Waals surface area (Å²) in [6.45, 7) is 2.61. The van der Waals surface area contributed by atoms with Crippen molar-refractivity contribution in [3.63, 3.8) is 0 Å². The number of aromatic nitrogens is 3. The molecule has 3 aromatic rings. The van der Waals surface area contributed by atoms with Crippen molar-refractivity contribution in [2.45, 2.75) is 6.42 Å². The van der Waals surface area contributed by atoms with Crippen LogP contribution in [0.25, 0.3) is 16.9 Å². The van der Waals surface area contributed by atoms with Gasteiger partial charge in [-0.05, 0) is 31.0 Å². The third kappa shape index (κ3) is 2.53. The molecule has 0 amide bonds. The van der Waals surface area contributed by atoms with E-state index >= 15 is 0 Å². The number of rotatable bonds is 3. The molecule has 0 spiro atoms. The standard InChI is InChI=1S/C17H17Cl2N5/c18-13-3-1-2-12(15(13)19)16-22-9-14-17(21-5-7-24(14)16)23-6-4-11(8-20)10-23/h1-3,5,7,9,11H,4,6,8,10,20H2. The minimum absolute atomic E-state index is 0.509. The van der Waals surface area contributed by atoms with Crippen LogP contribution in [0.15, 0.2) is 36.8 Å². The number of imidazole rings is 1. The monoisotopic (exact) mass is 361 g/mol. The van der Waals surface area contributed by atoms with Crippen LogP contribution >= 0.6 is 23.2 Å². The number of anilines is 1. The van der Waals surface area contributed by atoms with Crippen LogP contribution in [0.4, 0.5) is 5.82 Å². The van der Waals surface area contributed by atoms with E-state index in [0.717, 1.165) is 42.2 Å². The first-order valence-corrected chi connectivity index (χ1v) is 8.66. The summed E-state index contributed by atoms with van der Waals surface area (Å²) in [5, 5.41) is 1.03. The highest BCUT2D eigenvalue weighted by atomic mass is 35.5. The zero-order valence-electron chi connectivity index (χ0n) is 13.0. The van der Waals surface area contributed by atoms with E-state index in [9.17, 15) is 0 Å². The lowest BCUT2D eigenvalue weighted by Crippen LogP contribution is -2.23. The molecular formula is C17H17Cl2N5. The number of benzene rings is 1. The van der Waals surface area contributed by atoms with Crippen molar-refractivity contribution in [2.24, 2.45) is 11.7 Å². The van der Waals surface area contributed by atoms with Gasteiger partial charge in [-0.1, -0.05) is 29.3 Å². The van der Waals surface area contributed by atoms with E-state index in [0.29, 0.717) is 22.5 Å². The fourth-order valence-corrected chi connectivity index (χ4v) is 3.64. The smallest absolute Gasteiger partial charge is 0.154 e. The van der Waals surface area contributed by atoms with Gasteiger partial charge < -0.3 is 10.6 Å². The summed E-state index contributed by atoms with van der Waals surface area (Å²) < 4.78 is 2.01. The topological polar surface area (TPSA) is 59.5 Å². The third-order valence-corrected chi connectivity index (χ3v) is 5.37. The Morgan fingerprint density at radius 2 is 2.12 bits per heavy atom. The Labute approximate surface area is 150 Å². The van der Waals surface area contributed by atoms with Crippen LogP contribution in [0, 0.1) is 5.92 Å². The SMILES string of the molecule is NCC1CCN(c2nccn3c(-c4cccc(Cl)c4Cl)ncc23)C1. The molecule has 2 N–H and O–H groups in total. The van der Waals surface area contributed by atoms with Gasteiger partial charge in [0.1, 0.15) is 11.3 Å². The maximum Gasteiger partial charge on any atom is 0.154 e. The minimum Gasteiger partial charge on any atom is -0.354 e. The highest BCUT2D eigenvalue weighted by molar-refractivity contribution is 6.43. The van der Waals surface area contributed by atoms with Crippen LogP contribution in [-0.4, -0.2) is 34.0 Å². The summed E-state index contributed by atoms with van der Waals surface area (Å²) in [4.78, 5) is 11.4. The van der Waals surface area contributed by atoms with Gasteiger partial charge in [-0.2, -0.15) is 0 Å². The van der Waals surface area contributed by atoms with Gasteiger partial charge in [-0.15, -0.1) is 0 Å². The predicted octanol–water partition coefficient (Wildman–Crippen LogP) is 3.49. The first-order valence-electron chi connectivity index (χ1n) is 7.90. The van der Waals surface area contributed by atoms with Gasteiger partial charge in [0.2, 0.25) is 0 Å². The number of nitrogens with zero attached hydrogens (tertiary/aromatic N) is 4. The molecule has 1 fully saturated rings. The van der Waals surface area contributed by atoms with Crippen molar-refractivity contribution in [1.82, 2.24) is 14.4 Å². The Morgan fingerprint density at radius 3 is 2.92 bits per heavy atom. The molecular weight excluding hydrogens is 345 g/mol. The van der Waals surface area contributed by atoms with E-state index < -0.39 is 0 Å². The van der Waals surface area contributed by atoms with E-state index in [1.54, 1.807) is 12.3 Å². The second-order valence-electron chi connectivity index (χ2n) is 6.03. The molecule has 0 aliphatic carbocycles. The molecule has 1 aliphatic heterocycles. The Morgan fingerprint density at radius 1 is 1.25 bits per heavy atom. The molecule has 0 bridgehead atoms. The van der Waals surface area contributed by atoms with E-state index in [-0.39, 0.29) is 0 Å². The molecule has 3 heterocycles. The van der Waals surface area contributed by atoms with Crippen molar-refractivity contribution in [3.8, 4) is 11.4 Å². The highest BCUT2D eigenvalue weighted by Crippen LogP contribution is 2.34. The van der Waals surface area contributed by atoms with Crippen LogP contribution < -0.4 is 10.6 Å². The van der Waals surface area contributed by atoms with Crippen molar-refractivity contribution in [3.05, 3.63) is 46.8 Å². The first-order chi connectivity index (χ1) is 11.7. The summed E-state index contributed by atoms with van der Waals surface area (Å²) in [5.41, 5.74) is 7.57. The van der Waals surface area contributed by atoms with Gasteiger partial charge in [-0.3, -0.25) is 4.40 Å². The van der Waals surface area contributed by atoms with Crippen LogP contribution in [0.1, 0.15) is 6.42 Å². The Kier molecular flexibility index (Phi) is 4.08. The predicted molar refractivity (Wildman–Crippen MR) is 97.8 cm³/mol. The van der Waals surface area contributed by atoms with Gasteiger partial charge in [0.25, 0.3) is 0 Å². The molecule has 124 valence electrons. The average molecular weight is 362 g/mol. The summed E-state index contributed by atoms with van der Waals surface area (Å²) in [6, 6.07) is 5.57. The molecule has 1 atom stereocenters. The zero-order chi connectivity index (χ0) is 16.7. The highest BCUT2D eigenvalue weighted by Gasteiger charge is 2.24. The maximum absolute atomic E-state index is 6.36. The summed E-state index contributed by atoms with van der Waals surface area (Å²) in [5.74, 6) is 2.22. The van der Waals surface area contributed by atoms with Crippen molar-refractivity contribution >= 4 is 34.5 Å². The summed E-state index contributed by atoms with van der Waals surface area (Å²) >= 11 is 12.5. The molecule has 1 aliphatic rings. The Hall–Kier alpha value is -1.82. The number of hydrogen-bond acceptors (Lipinski definition) is 4. The normalized spacial score (nSPS) is 17.8. The minimum atomic E-state index is 0.509. The fraction of sp³-hybridized carbons (Fsp3) is 0.294. The van der Waals surface area contributed by atoms with Crippen LogP contribution in [0.3, 0.4) is 0 Å². The lowest BCUT2D eigenvalue weighted by molar-refractivity contribution is 0.602. The molecule has 24 heavy (non-hydrogen) atoms. The third-order valence-electron chi connectivity index (χ3n) is 4.55. The van der Waals surface area contributed by atoms with Gasteiger partial charge in [0.15, 0.2) is 5.82 Å². The zero-order valence-corrected chi connectivity index (χ0v) is 14.5. The molecule has 1 unspecified atom stereocenters. The van der Waals surface area contributed by atoms with Crippen LogP contribution in [-0.2, 0) is 0 Å². The van der Waals surface area contributed by atoms with Gasteiger partial charge in [0, 0.05) is 31.0 Å². The molecule has 1 saturated heterocycles. The number of fused-ring (bicyclic) bond motifs is 1. The maximum atomic E-state index is 6.36. The van der Waals surface area contributed by atoms with E-state index in [4.69, 9.17) is 28.9 Å². The second-order valence-corrected chi connectivity index (χ2v) is 6.81. The first kappa shape index (κ1) is 15.7. The number of halogens is 2. The average Bonchev–Trinajstić information content (AvgIpc) is 3.24. The van der Waals surface area contributed by atoms with Crippen LogP contribution in [0.2, 0.25) is 10.0 Å². The second kappa shape index (κ2) is 6.24. The lowest BCUT2D eigenvalue weighted by atomic mass is 10.1. The molecule has 4 rings (SSSR count). The quantitative estimate of drug-likeness (QED) is 0.775. The Balaban J connectivity index is 1.81. The van der Waals surface area contributed by atoms with Gasteiger partial charge >= 0.3 is 0 Å². The van der Waals surface area contributed by atoms with Crippen molar-refractivity contribution in [1.29, 1.82) is 0 Å². The summed E-state index contributed by atoms with van der Waals surface area (Å²) in [6.07, 6.45) is 6.63. The number of hydrogen-bond donors (Lipinski definition) is 1. The van der Waals surface area contributed by atoms with Crippen molar-refractivity contribution in [2.75, 3.05) is 24.5 Å². The summed E-state index contributed by atoms with van der Waals surface area (Å²) in [7, 11) is 0. The van der Waals surface area contributed by atoms with Gasteiger partial charge in [-0.25, -0.2) is 9.97 Å². The molecule has 5 nitrogen and oxygen atoms in total. The molecule has 0 saturated carbocycles. The van der Waals surface area contributed by atoms with E-state index in [1.165, 1.54) is 0 Å². The van der Waals surface area contributed by atoms with E-state index in [2.05, 4.69) is 14.9 Å². The van der Waals surface area contributed by atoms with Crippen molar-refractivity contribution < 1.29 is 0 Å². The van der Waals surface area contributed by atoms with Gasteiger partial charge in [0.05, 0.1) is 16.2 Å². The fourth-order valence-electron chi connectivity index (χ4n) is 3.25. The largest absolute Gasteiger partial charge is 0.354 e. The molecule has 0 radical (unpaired) electrons. The molecule has 7 heteroatoms. The van der Waals surface area contributed by atoms with Crippen LogP contribution in [0.5, 0.6) is 0 Å². The Bertz CT molecular complexity index is 892. The number of nitrogens with two attached hydrogens (primary N) is 1. The van der Waals surface area contributed by atoms with E-state index in [1.807, 2.05) is 28.9 Å². The molecule has 2 aromatic heterocycles. The lowest BCUT2D eigenvalue weighted by Gasteiger charge is -2.18.